The van der Waals surface area contributed by atoms with Crippen LogP contribution in [0.25, 0.3) is 0 Å². The summed E-state index contributed by atoms with van der Waals surface area (Å²) in [5, 5.41) is 22.8. The number of rotatable bonds is 3. The molecule has 0 radical (unpaired) electrons. The minimum absolute atomic E-state index is 0.0352. The summed E-state index contributed by atoms with van der Waals surface area (Å²) in [5.74, 6) is 0.0950. The Morgan fingerprint density at radius 1 is 1.40 bits per heavy atom. The van der Waals surface area contributed by atoms with Gasteiger partial charge in [0.25, 0.3) is 0 Å². The molecule has 3 N–H and O–H groups in total. The van der Waals surface area contributed by atoms with Gasteiger partial charge in [0.05, 0.1) is 27.3 Å². The number of nitrogen functional groups attached to an aromatic ring is 1. The SMILES string of the molecule is N#Cc1ccc(Cl)c(Nc2nc(N)ccc2[N+](=O)[O-])c1. The molecule has 2 rings (SSSR count). The number of benzene rings is 1. The molecule has 0 unspecified atom stereocenters. The molecule has 100 valence electrons. The molecule has 0 bridgehead atoms. The first-order valence-corrected chi connectivity index (χ1v) is 5.76. The second kappa shape index (κ2) is 5.42. The van der Waals surface area contributed by atoms with Crippen molar-refractivity contribution >= 4 is 34.6 Å². The van der Waals surface area contributed by atoms with Crippen LogP contribution in [-0.2, 0) is 0 Å². The van der Waals surface area contributed by atoms with E-state index in [1.807, 2.05) is 6.07 Å². The molecule has 0 fully saturated rings. The second-order valence-electron chi connectivity index (χ2n) is 3.79. The quantitative estimate of drug-likeness (QED) is 0.662. The summed E-state index contributed by atoms with van der Waals surface area (Å²) in [7, 11) is 0. The summed E-state index contributed by atoms with van der Waals surface area (Å²) in [6.45, 7) is 0. The standard InChI is InChI=1S/C12H8ClN5O2/c13-8-2-1-7(6-14)5-9(8)16-12-10(18(19)20)3-4-11(15)17-12/h1-5H,(H3,15,16,17). The highest BCUT2D eigenvalue weighted by Crippen LogP contribution is 2.30. The lowest BCUT2D eigenvalue weighted by atomic mass is 10.2. The molecule has 0 spiro atoms. The van der Waals surface area contributed by atoms with E-state index in [1.54, 1.807) is 0 Å². The van der Waals surface area contributed by atoms with Crippen molar-refractivity contribution in [2.24, 2.45) is 0 Å². The Kier molecular flexibility index (Phi) is 3.68. The number of nitro groups is 1. The maximum absolute atomic E-state index is 10.9. The Hall–Kier alpha value is -2.85. The van der Waals surface area contributed by atoms with E-state index >= 15 is 0 Å². The van der Waals surface area contributed by atoms with Crippen LogP contribution in [0.15, 0.2) is 30.3 Å². The average molecular weight is 290 g/mol. The molecule has 1 aromatic carbocycles. The van der Waals surface area contributed by atoms with Crippen molar-refractivity contribution in [1.29, 1.82) is 5.26 Å². The number of halogens is 1. The van der Waals surface area contributed by atoms with E-state index < -0.39 is 4.92 Å². The first-order chi connectivity index (χ1) is 9.51. The molecule has 20 heavy (non-hydrogen) atoms. The molecule has 7 nitrogen and oxygen atoms in total. The summed E-state index contributed by atoms with van der Waals surface area (Å²) >= 11 is 5.97. The van der Waals surface area contributed by atoms with E-state index in [9.17, 15) is 10.1 Å². The number of hydrogen-bond donors (Lipinski definition) is 2. The molecule has 0 atom stereocenters. The van der Waals surface area contributed by atoms with Crippen LogP contribution in [-0.4, -0.2) is 9.91 Å². The predicted octanol–water partition coefficient (Wildman–Crippen LogP) is 2.84. The Balaban J connectivity index is 2.47. The molecule has 0 aliphatic carbocycles. The van der Waals surface area contributed by atoms with Gasteiger partial charge in [-0.3, -0.25) is 10.1 Å². The second-order valence-corrected chi connectivity index (χ2v) is 4.20. The highest BCUT2D eigenvalue weighted by atomic mass is 35.5. The minimum Gasteiger partial charge on any atom is -0.384 e. The molecule has 0 saturated carbocycles. The zero-order valence-electron chi connectivity index (χ0n) is 10.0. The van der Waals surface area contributed by atoms with E-state index in [1.165, 1.54) is 30.3 Å². The van der Waals surface area contributed by atoms with Crippen LogP contribution in [0.3, 0.4) is 0 Å². The van der Waals surface area contributed by atoms with Gasteiger partial charge in [0.2, 0.25) is 5.82 Å². The van der Waals surface area contributed by atoms with Gasteiger partial charge in [0.15, 0.2) is 0 Å². The summed E-state index contributed by atoms with van der Waals surface area (Å²) in [4.78, 5) is 14.2. The number of hydrogen-bond acceptors (Lipinski definition) is 6. The smallest absolute Gasteiger partial charge is 0.311 e. The van der Waals surface area contributed by atoms with Gasteiger partial charge in [-0.15, -0.1) is 0 Å². The summed E-state index contributed by atoms with van der Waals surface area (Å²) < 4.78 is 0. The normalized spacial score (nSPS) is 9.80. The van der Waals surface area contributed by atoms with Crippen molar-refractivity contribution in [3.8, 4) is 6.07 Å². The third-order valence-electron chi connectivity index (χ3n) is 2.44. The van der Waals surface area contributed by atoms with Gasteiger partial charge < -0.3 is 11.1 Å². The van der Waals surface area contributed by atoms with E-state index in [0.717, 1.165) is 0 Å². The maximum atomic E-state index is 10.9. The number of nitrogens with one attached hydrogen (secondary N) is 1. The van der Waals surface area contributed by atoms with Crippen LogP contribution in [0.4, 0.5) is 23.0 Å². The Morgan fingerprint density at radius 2 is 2.15 bits per heavy atom. The van der Waals surface area contributed by atoms with E-state index in [0.29, 0.717) is 16.3 Å². The lowest BCUT2D eigenvalue weighted by Crippen LogP contribution is -2.02. The van der Waals surface area contributed by atoms with Crippen molar-refractivity contribution in [2.45, 2.75) is 0 Å². The molecule has 8 heteroatoms. The third-order valence-corrected chi connectivity index (χ3v) is 2.77. The number of nitrogens with two attached hydrogens (primary N) is 1. The van der Waals surface area contributed by atoms with Gasteiger partial charge in [-0.05, 0) is 24.3 Å². The fourth-order valence-electron chi connectivity index (χ4n) is 1.52. The largest absolute Gasteiger partial charge is 0.384 e. The Labute approximate surface area is 118 Å². The maximum Gasteiger partial charge on any atom is 0.311 e. The van der Waals surface area contributed by atoms with Crippen LogP contribution < -0.4 is 11.1 Å². The topological polar surface area (TPSA) is 118 Å². The predicted molar refractivity (Wildman–Crippen MR) is 74.8 cm³/mol. The molecule has 0 aliphatic heterocycles. The minimum atomic E-state index is -0.586. The lowest BCUT2D eigenvalue weighted by Gasteiger charge is -2.08. The number of anilines is 3. The zero-order valence-corrected chi connectivity index (χ0v) is 10.8. The number of nitriles is 1. The lowest BCUT2D eigenvalue weighted by molar-refractivity contribution is -0.384. The highest BCUT2D eigenvalue weighted by molar-refractivity contribution is 6.33. The number of pyridine rings is 1. The van der Waals surface area contributed by atoms with E-state index in [2.05, 4.69) is 10.3 Å². The van der Waals surface area contributed by atoms with E-state index in [4.69, 9.17) is 22.6 Å². The van der Waals surface area contributed by atoms with Crippen LogP contribution in [0.2, 0.25) is 5.02 Å². The van der Waals surface area contributed by atoms with Gasteiger partial charge in [-0.2, -0.15) is 5.26 Å². The molecule has 0 saturated heterocycles. The van der Waals surface area contributed by atoms with Gasteiger partial charge in [-0.1, -0.05) is 11.6 Å². The van der Waals surface area contributed by atoms with Crippen LogP contribution in [0, 0.1) is 21.4 Å². The zero-order chi connectivity index (χ0) is 14.7. The fraction of sp³-hybridized carbons (Fsp3) is 0. The molecular weight excluding hydrogens is 282 g/mol. The average Bonchev–Trinajstić information content (AvgIpc) is 2.41. The van der Waals surface area contributed by atoms with Crippen LogP contribution in [0.5, 0.6) is 0 Å². The fourth-order valence-corrected chi connectivity index (χ4v) is 1.69. The van der Waals surface area contributed by atoms with E-state index in [-0.39, 0.29) is 17.3 Å². The van der Waals surface area contributed by atoms with Gasteiger partial charge in [0, 0.05) is 6.07 Å². The molecule has 2 aromatic rings. The molecule has 0 aliphatic rings. The molecule has 1 heterocycles. The van der Waals surface area contributed by atoms with Gasteiger partial charge in [0.1, 0.15) is 5.82 Å². The summed E-state index contributed by atoms with van der Waals surface area (Å²) in [5.41, 5.74) is 5.98. The van der Waals surface area contributed by atoms with Crippen molar-refractivity contribution < 1.29 is 4.92 Å². The number of nitrogens with zero attached hydrogens (tertiary/aromatic N) is 3. The van der Waals surface area contributed by atoms with Crippen molar-refractivity contribution in [3.05, 3.63) is 51.0 Å². The molecule has 0 amide bonds. The van der Waals surface area contributed by atoms with Gasteiger partial charge >= 0.3 is 5.69 Å². The van der Waals surface area contributed by atoms with Crippen molar-refractivity contribution in [2.75, 3.05) is 11.1 Å². The molecular formula is C12H8ClN5O2. The third kappa shape index (κ3) is 2.76. The van der Waals surface area contributed by atoms with Crippen LogP contribution >= 0.6 is 11.6 Å². The van der Waals surface area contributed by atoms with Gasteiger partial charge in [-0.25, -0.2) is 4.98 Å². The Bertz CT molecular complexity index is 726. The first-order valence-electron chi connectivity index (χ1n) is 5.39. The first kappa shape index (κ1) is 13.6. The van der Waals surface area contributed by atoms with Crippen molar-refractivity contribution in [3.63, 3.8) is 0 Å². The van der Waals surface area contributed by atoms with Crippen LogP contribution in [0.1, 0.15) is 5.56 Å². The number of aromatic nitrogens is 1. The highest BCUT2D eigenvalue weighted by Gasteiger charge is 2.16. The monoisotopic (exact) mass is 289 g/mol. The van der Waals surface area contributed by atoms with Crippen molar-refractivity contribution in [1.82, 2.24) is 4.98 Å². The Morgan fingerprint density at radius 3 is 2.80 bits per heavy atom. The summed E-state index contributed by atoms with van der Waals surface area (Å²) in [6, 6.07) is 9.04. The molecule has 1 aromatic heterocycles. The summed E-state index contributed by atoms with van der Waals surface area (Å²) in [6.07, 6.45) is 0.